The second-order valence-corrected chi connectivity index (χ2v) is 6.95. The Morgan fingerprint density at radius 3 is 2.76 bits per heavy atom. The van der Waals surface area contributed by atoms with E-state index in [4.69, 9.17) is 5.11 Å². The SMILES string of the molecule is CCN(C(=O)CCSCc1csc(C)n1)C(C)CC(=O)O. The van der Waals surface area contributed by atoms with Gasteiger partial charge < -0.3 is 10.0 Å². The third kappa shape index (κ3) is 6.48. The summed E-state index contributed by atoms with van der Waals surface area (Å²) in [6.07, 6.45) is 0.427. The van der Waals surface area contributed by atoms with Gasteiger partial charge in [0.2, 0.25) is 5.91 Å². The molecule has 1 aromatic heterocycles. The van der Waals surface area contributed by atoms with Crippen molar-refractivity contribution in [3.05, 3.63) is 16.1 Å². The molecule has 0 fully saturated rings. The van der Waals surface area contributed by atoms with Crippen LogP contribution in [0.5, 0.6) is 0 Å². The van der Waals surface area contributed by atoms with Crippen LogP contribution in [0.2, 0.25) is 0 Å². The predicted octanol–water partition coefficient (Wildman–Crippen LogP) is 2.79. The summed E-state index contributed by atoms with van der Waals surface area (Å²) in [4.78, 5) is 28.9. The van der Waals surface area contributed by atoms with Crippen molar-refractivity contribution in [1.82, 2.24) is 9.88 Å². The molecule has 0 aliphatic heterocycles. The van der Waals surface area contributed by atoms with Gasteiger partial charge in [-0.1, -0.05) is 0 Å². The Morgan fingerprint density at radius 1 is 1.52 bits per heavy atom. The first-order chi connectivity index (χ1) is 9.93. The average Bonchev–Trinajstić information content (AvgIpc) is 2.80. The zero-order valence-electron chi connectivity index (χ0n) is 12.7. The number of carbonyl (C=O) groups is 2. The maximum absolute atomic E-state index is 12.1. The van der Waals surface area contributed by atoms with Crippen molar-refractivity contribution >= 4 is 35.0 Å². The highest BCUT2D eigenvalue weighted by molar-refractivity contribution is 7.98. The van der Waals surface area contributed by atoms with Gasteiger partial charge in [-0.3, -0.25) is 9.59 Å². The lowest BCUT2D eigenvalue weighted by atomic mass is 10.2. The Morgan fingerprint density at radius 2 is 2.24 bits per heavy atom. The number of carbonyl (C=O) groups excluding carboxylic acids is 1. The molecule has 118 valence electrons. The largest absolute Gasteiger partial charge is 0.481 e. The number of carboxylic acids is 1. The lowest BCUT2D eigenvalue weighted by Gasteiger charge is -2.27. The molecule has 7 heteroatoms. The zero-order chi connectivity index (χ0) is 15.8. The number of aromatic nitrogens is 1. The molecule has 0 spiro atoms. The van der Waals surface area contributed by atoms with Crippen molar-refractivity contribution in [2.75, 3.05) is 12.3 Å². The Hall–Kier alpha value is -1.08. The van der Waals surface area contributed by atoms with Gasteiger partial charge in [-0.15, -0.1) is 11.3 Å². The molecule has 0 aliphatic carbocycles. The highest BCUT2D eigenvalue weighted by Crippen LogP contribution is 2.16. The highest BCUT2D eigenvalue weighted by Gasteiger charge is 2.20. The van der Waals surface area contributed by atoms with Gasteiger partial charge >= 0.3 is 5.97 Å². The molecule has 1 rings (SSSR count). The number of nitrogens with zero attached hydrogens (tertiary/aromatic N) is 2. The number of aliphatic carboxylic acids is 1. The highest BCUT2D eigenvalue weighted by atomic mass is 32.2. The smallest absolute Gasteiger partial charge is 0.305 e. The fourth-order valence-electron chi connectivity index (χ4n) is 2.05. The van der Waals surface area contributed by atoms with Crippen molar-refractivity contribution in [2.45, 2.75) is 45.4 Å². The molecule has 21 heavy (non-hydrogen) atoms. The summed E-state index contributed by atoms with van der Waals surface area (Å²) in [7, 11) is 0. The third-order valence-electron chi connectivity index (χ3n) is 3.04. The van der Waals surface area contributed by atoms with Gasteiger partial charge in [-0.2, -0.15) is 11.8 Å². The molecule has 1 atom stereocenters. The number of amides is 1. The maximum Gasteiger partial charge on any atom is 0.305 e. The van der Waals surface area contributed by atoms with Gasteiger partial charge in [0.25, 0.3) is 0 Å². The van der Waals surface area contributed by atoms with E-state index >= 15 is 0 Å². The molecule has 0 aromatic carbocycles. The fraction of sp³-hybridized carbons (Fsp3) is 0.643. The number of rotatable bonds is 9. The van der Waals surface area contributed by atoms with Crippen LogP contribution in [-0.2, 0) is 15.3 Å². The second-order valence-electron chi connectivity index (χ2n) is 4.79. The lowest BCUT2D eigenvalue weighted by molar-refractivity contribution is -0.140. The van der Waals surface area contributed by atoms with Crippen LogP contribution in [0.3, 0.4) is 0 Å². The van der Waals surface area contributed by atoms with Gasteiger partial charge in [-0.25, -0.2) is 4.98 Å². The van der Waals surface area contributed by atoms with Crippen molar-refractivity contribution < 1.29 is 14.7 Å². The first-order valence-corrected chi connectivity index (χ1v) is 8.97. The fourth-order valence-corrected chi connectivity index (χ4v) is 3.59. The van der Waals surface area contributed by atoms with Gasteiger partial charge in [-0.05, 0) is 20.8 Å². The number of hydrogen-bond donors (Lipinski definition) is 1. The molecule has 1 aromatic rings. The maximum atomic E-state index is 12.1. The van der Waals surface area contributed by atoms with E-state index in [0.717, 1.165) is 22.2 Å². The van der Waals surface area contributed by atoms with E-state index in [0.29, 0.717) is 13.0 Å². The van der Waals surface area contributed by atoms with Crippen molar-refractivity contribution in [2.24, 2.45) is 0 Å². The summed E-state index contributed by atoms with van der Waals surface area (Å²) in [5, 5.41) is 11.9. The minimum absolute atomic E-state index is 0.00910. The van der Waals surface area contributed by atoms with Crippen LogP contribution in [0.15, 0.2) is 5.38 Å². The monoisotopic (exact) mass is 330 g/mol. The van der Waals surface area contributed by atoms with E-state index in [1.165, 1.54) is 0 Å². The number of carboxylic acid groups (broad SMARTS) is 1. The first kappa shape index (κ1) is 18.0. The van der Waals surface area contributed by atoms with Crippen molar-refractivity contribution in [3.63, 3.8) is 0 Å². The number of thioether (sulfide) groups is 1. The van der Waals surface area contributed by atoms with Gasteiger partial charge in [0.1, 0.15) is 0 Å². The normalized spacial score (nSPS) is 12.1. The molecule has 5 nitrogen and oxygen atoms in total. The molecule has 1 heterocycles. The Bertz CT molecular complexity index is 477. The zero-order valence-corrected chi connectivity index (χ0v) is 14.3. The molecule has 1 unspecified atom stereocenters. The lowest BCUT2D eigenvalue weighted by Crippen LogP contribution is -2.39. The molecule has 1 N–H and O–H groups in total. The van der Waals surface area contributed by atoms with Gasteiger partial charge in [0.05, 0.1) is 17.1 Å². The van der Waals surface area contributed by atoms with E-state index < -0.39 is 5.97 Å². The van der Waals surface area contributed by atoms with Crippen LogP contribution in [0.1, 0.15) is 37.4 Å². The standard InChI is InChI=1S/C14H22N2O3S2/c1-4-16(10(2)7-14(18)19)13(17)5-6-20-8-12-9-21-11(3)15-12/h9-10H,4-8H2,1-3H3,(H,18,19). The van der Waals surface area contributed by atoms with Crippen LogP contribution in [-0.4, -0.2) is 45.2 Å². The van der Waals surface area contributed by atoms with Crippen LogP contribution >= 0.6 is 23.1 Å². The van der Waals surface area contributed by atoms with Crippen molar-refractivity contribution in [3.8, 4) is 0 Å². The number of hydrogen-bond acceptors (Lipinski definition) is 5. The Labute approximate surface area is 133 Å². The summed E-state index contributed by atoms with van der Waals surface area (Å²) in [6.45, 7) is 6.18. The van der Waals surface area contributed by atoms with Crippen LogP contribution in [0.4, 0.5) is 0 Å². The second kappa shape index (κ2) is 9.04. The third-order valence-corrected chi connectivity index (χ3v) is 4.85. The Balaban J connectivity index is 2.32. The molecule has 0 bridgehead atoms. The van der Waals surface area contributed by atoms with Gasteiger partial charge in [0, 0.05) is 35.9 Å². The van der Waals surface area contributed by atoms with Gasteiger partial charge in [0.15, 0.2) is 0 Å². The Kier molecular flexibility index (Phi) is 7.74. The van der Waals surface area contributed by atoms with Crippen LogP contribution < -0.4 is 0 Å². The quantitative estimate of drug-likeness (QED) is 0.705. The average molecular weight is 330 g/mol. The van der Waals surface area contributed by atoms with E-state index in [1.54, 1.807) is 34.9 Å². The molecular formula is C14H22N2O3S2. The van der Waals surface area contributed by atoms with E-state index in [-0.39, 0.29) is 18.4 Å². The first-order valence-electron chi connectivity index (χ1n) is 6.94. The molecule has 0 saturated heterocycles. The summed E-state index contributed by atoms with van der Waals surface area (Å²) in [6, 6.07) is -0.258. The summed E-state index contributed by atoms with van der Waals surface area (Å²) >= 11 is 3.31. The van der Waals surface area contributed by atoms with Crippen LogP contribution in [0.25, 0.3) is 0 Å². The molecule has 0 radical (unpaired) electrons. The molecule has 0 aliphatic rings. The van der Waals surface area contributed by atoms with E-state index in [1.807, 2.05) is 19.2 Å². The predicted molar refractivity (Wildman–Crippen MR) is 86.7 cm³/mol. The summed E-state index contributed by atoms with van der Waals surface area (Å²) in [5.74, 6) is 0.690. The number of aryl methyl sites for hydroxylation is 1. The van der Waals surface area contributed by atoms with Crippen LogP contribution in [0, 0.1) is 6.92 Å². The minimum atomic E-state index is -0.873. The summed E-state index contributed by atoms with van der Waals surface area (Å²) in [5.41, 5.74) is 1.06. The number of thiazole rings is 1. The van der Waals surface area contributed by atoms with E-state index in [2.05, 4.69) is 4.98 Å². The van der Waals surface area contributed by atoms with Crippen molar-refractivity contribution in [1.29, 1.82) is 0 Å². The minimum Gasteiger partial charge on any atom is -0.481 e. The molecular weight excluding hydrogens is 308 g/mol. The molecule has 1 amide bonds. The topological polar surface area (TPSA) is 70.5 Å². The molecule has 0 saturated carbocycles. The summed E-state index contributed by atoms with van der Waals surface area (Å²) < 4.78 is 0. The van der Waals surface area contributed by atoms with E-state index in [9.17, 15) is 9.59 Å².